The number of nitrogens with one attached hydrogen (secondary N) is 1. The van der Waals surface area contributed by atoms with Crippen LogP contribution < -0.4 is 10.2 Å². The molecule has 1 heterocycles. The quantitative estimate of drug-likeness (QED) is 0.607. The Morgan fingerprint density at radius 2 is 1.81 bits per heavy atom. The number of benzene rings is 2. The first-order valence-corrected chi connectivity index (χ1v) is 9.34. The zero-order chi connectivity index (χ0) is 19.2. The molecule has 0 fully saturated rings. The summed E-state index contributed by atoms with van der Waals surface area (Å²) in [6.07, 6.45) is 3.00. The minimum absolute atomic E-state index is 0.133. The van der Waals surface area contributed by atoms with Gasteiger partial charge in [-0.1, -0.05) is 29.8 Å². The van der Waals surface area contributed by atoms with Crippen molar-refractivity contribution in [3.63, 3.8) is 0 Å². The summed E-state index contributed by atoms with van der Waals surface area (Å²) >= 11 is 7.16. The van der Waals surface area contributed by atoms with E-state index in [1.165, 1.54) is 29.2 Å². The molecule has 0 spiro atoms. The first kappa shape index (κ1) is 18.8. The Morgan fingerprint density at radius 1 is 1.11 bits per heavy atom. The molecule has 0 saturated carbocycles. The molecule has 1 aromatic heterocycles. The van der Waals surface area contributed by atoms with Crippen molar-refractivity contribution in [1.82, 2.24) is 4.98 Å². The fourth-order valence-corrected chi connectivity index (χ4v) is 3.32. The summed E-state index contributed by atoms with van der Waals surface area (Å²) < 4.78 is 0. The van der Waals surface area contributed by atoms with Gasteiger partial charge in [-0.3, -0.25) is 14.5 Å². The molecule has 0 radical (unpaired) electrons. The smallest absolute Gasteiger partial charge is 0.248 e. The van der Waals surface area contributed by atoms with Crippen molar-refractivity contribution in [3.05, 3.63) is 76.8 Å². The molecule has 0 atom stereocenters. The predicted octanol–water partition coefficient (Wildman–Crippen LogP) is 5.13. The van der Waals surface area contributed by atoms with Crippen LogP contribution in [0.2, 0.25) is 5.02 Å². The van der Waals surface area contributed by atoms with Crippen molar-refractivity contribution in [1.29, 1.82) is 0 Å². The first-order valence-electron chi connectivity index (χ1n) is 8.09. The molecule has 27 heavy (non-hydrogen) atoms. The van der Waals surface area contributed by atoms with E-state index < -0.39 is 0 Å². The standard InChI is InChI=1S/C20H16ClN3O2S/c1-14(25)24(18-5-3-2-4-6-18)20-23-17(13-27-20)11-12-19(26)22-16-9-7-15(21)8-10-16/h2-13H,1H3,(H,22,26)/b12-11+. The average molecular weight is 398 g/mol. The maximum Gasteiger partial charge on any atom is 0.248 e. The molecule has 136 valence electrons. The van der Waals surface area contributed by atoms with Crippen LogP contribution in [0.25, 0.3) is 6.08 Å². The Labute approximate surface area is 165 Å². The number of hydrogen-bond donors (Lipinski definition) is 1. The monoisotopic (exact) mass is 397 g/mol. The van der Waals surface area contributed by atoms with Crippen LogP contribution in [0.1, 0.15) is 12.6 Å². The highest BCUT2D eigenvalue weighted by Gasteiger charge is 2.17. The zero-order valence-electron chi connectivity index (χ0n) is 14.4. The molecular weight excluding hydrogens is 382 g/mol. The molecular formula is C20H16ClN3O2S. The maximum absolute atomic E-state index is 12.0. The highest BCUT2D eigenvalue weighted by atomic mass is 35.5. The van der Waals surface area contributed by atoms with Crippen LogP contribution in [-0.2, 0) is 9.59 Å². The number of rotatable bonds is 5. The van der Waals surface area contributed by atoms with Crippen molar-refractivity contribution in [2.75, 3.05) is 10.2 Å². The van der Waals surface area contributed by atoms with Crippen molar-refractivity contribution in [3.8, 4) is 0 Å². The molecule has 2 amide bonds. The third-order valence-corrected chi connectivity index (χ3v) is 4.64. The Kier molecular flexibility index (Phi) is 6.01. The molecule has 2 aromatic carbocycles. The summed E-state index contributed by atoms with van der Waals surface area (Å²) in [6.45, 7) is 1.49. The number of para-hydroxylation sites is 1. The van der Waals surface area contributed by atoms with Gasteiger partial charge in [-0.25, -0.2) is 4.98 Å². The number of halogens is 1. The van der Waals surface area contributed by atoms with Gasteiger partial charge < -0.3 is 5.32 Å². The van der Waals surface area contributed by atoms with E-state index in [1.54, 1.807) is 35.7 Å². The number of aromatic nitrogens is 1. The molecule has 3 aromatic rings. The summed E-state index contributed by atoms with van der Waals surface area (Å²) in [5.74, 6) is -0.412. The minimum atomic E-state index is -0.279. The van der Waals surface area contributed by atoms with Gasteiger partial charge in [0, 0.05) is 29.1 Å². The van der Waals surface area contributed by atoms with E-state index in [-0.39, 0.29) is 11.8 Å². The van der Waals surface area contributed by atoms with Crippen molar-refractivity contribution < 1.29 is 9.59 Å². The highest BCUT2D eigenvalue weighted by molar-refractivity contribution is 7.14. The third-order valence-electron chi connectivity index (χ3n) is 3.55. The van der Waals surface area contributed by atoms with Crippen LogP contribution in [-0.4, -0.2) is 16.8 Å². The van der Waals surface area contributed by atoms with Gasteiger partial charge in [0.15, 0.2) is 5.13 Å². The molecule has 0 aliphatic carbocycles. The van der Waals surface area contributed by atoms with Gasteiger partial charge >= 0.3 is 0 Å². The Bertz CT molecular complexity index is 968. The lowest BCUT2D eigenvalue weighted by Crippen LogP contribution is -2.22. The number of nitrogens with zero attached hydrogens (tertiary/aromatic N) is 2. The number of carbonyl (C=O) groups is 2. The minimum Gasteiger partial charge on any atom is -0.323 e. The fraction of sp³-hybridized carbons (Fsp3) is 0.0500. The van der Waals surface area contributed by atoms with Gasteiger partial charge in [-0.05, 0) is 42.5 Å². The zero-order valence-corrected chi connectivity index (χ0v) is 16.0. The molecule has 0 saturated heterocycles. The Morgan fingerprint density at radius 3 is 2.48 bits per heavy atom. The lowest BCUT2D eigenvalue weighted by atomic mass is 10.3. The van der Waals surface area contributed by atoms with Gasteiger partial charge in [-0.15, -0.1) is 11.3 Å². The SMILES string of the molecule is CC(=O)N(c1ccccc1)c1nc(/C=C/C(=O)Nc2ccc(Cl)cc2)cs1. The largest absolute Gasteiger partial charge is 0.323 e. The second-order valence-electron chi connectivity index (χ2n) is 5.57. The summed E-state index contributed by atoms with van der Waals surface area (Å²) in [5, 5.41) is 5.68. The average Bonchev–Trinajstić information content (AvgIpc) is 3.11. The molecule has 0 aliphatic rings. The van der Waals surface area contributed by atoms with Crippen LogP contribution in [0, 0.1) is 0 Å². The fourth-order valence-electron chi connectivity index (χ4n) is 2.34. The highest BCUT2D eigenvalue weighted by Crippen LogP contribution is 2.29. The third kappa shape index (κ3) is 5.03. The normalized spacial score (nSPS) is 10.7. The van der Waals surface area contributed by atoms with Crippen LogP contribution in [0.5, 0.6) is 0 Å². The van der Waals surface area contributed by atoms with E-state index in [4.69, 9.17) is 11.6 Å². The predicted molar refractivity (Wildman–Crippen MR) is 110 cm³/mol. The lowest BCUT2D eigenvalue weighted by Gasteiger charge is -2.17. The lowest BCUT2D eigenvalue weighted by molar-refractivity contribution is -0.116. The van der Waals surface area contributed by atoms with E-state index in [0.29, 0.717) is 21.5 Å². The van der Waals surface area contributed by atoms with Crippen LogP contribution in [0.4, 0.5) is 16.5 Å². The molecule has 5 nitrogen and oxygen atoms in total. The van der Waals surface area contributed by atoms with Crippen molar-refractivity contribution in [2.24, 2.45) is 0 Å². The summed E-state index contributed by atoms with van der Waals surface area (Å²) in [5.41, 5.74) is 2.00. The molecule has 7 heteroatoms. The van der Waals surface area contributed by atoms with Gasteiger partial charge in [-0.2, -0.15) is 0 Å². The molecule has 3 rings (SSSR count). The molecule has 0 bridgehead atoms. The number of anilines is 3. The number of thiazole rings is 1. The van der Waals surface area contributed by atoms with Gasteiger partial charge in [0.1, 0.15) is 0 Å². The number of amides is 2. The van der Waals surface area contributed by atoms with E-state index in [9.17, 15) is 9.59 Å². The topological polar surface area (TPSA) is 62.3 Å². The summed E-state index contributed by atoms with van der Waals surface area (Å²) in [7, 11) is 0. The van der Waals surface area contributed by atoms with Crippen LogP contribution >= 0.6 is 22.9 Å². The summed E-state index contributed by atoms with van der Waals surface area (Å²) in [6, 6.07) is 16.1. The van der Waals surface area contributed by atoms with E-state index in [0.717, 1.165) is 5.69 Å². The van der Waals surface area contributed by atoms with Crippen LogP contribution in [0.15, 0.2) is 66.1 Å². The second-order valence-corrected chi connectivity index (χ2v) is 6.85. The van der Waals surface area contributed by atoms with E-state index in [1.807, 2.05) is 30.3 Å². The Balaban J connectivity index is 1.71. The van der Waals surface area contributed by atoms with Gasteiger partial charge in [0.05, 0.1) is 11.4 Å². The first-order chi connectivity index (χ1) is 13.0. The summed E-state index contributed by atoms with van der Waals surface area (Å²) in [4.78, 5) is 30.0. The van der Waals surface area contributed by atoms with Gasteiger partial charge in [0.25, 0.3) is 0 Å². The van der Waals surface area contributed by atoms with E-state index in [2.05, 4.69) is 10.3 Å². The number of carbonyl (C=O) groups excluding carboxylic acids is 2. The molecule has 1 N–H and O–H groups in total. The molecule has 0 unspecified atom stereocenters. The molecule has 0 aliphatic heterocycles. The maximum atomic E-state index is 12.0. The van der Waals surface area contributed by atoms with Crippen LogP contribution in [0.3, 0.4) is 0 Å². The Hall–Kier alpha value is -2.96. The van der Waals surface area contributed by atoms with Gasteiger partial charge in [0.2, 0.25) is 11.8 Å². The van der Waals surface area contributed by atoms with Crippen molar-refractivity contribution >= 4 is 57.3 Å². The second kappa shape index (κ2) is 8.62. The van der Waals surface area contributed by atoms with E-state index >= 15 is 0 Å². The van der Waals surface area contributed by atoms with Crippen molar-refractivity contribution in [2.45, 2.75) is 6.92 Å². The number of hydrogen-bond acceptors (Lipinski definition) is 4.